The van der Waals surface area contributed by atoms with Gasteiger partial charge in [0.1, 0.15) is 16.5 Å². The number of benzene rings is 1. The van der Waals surface area contributed by atoms with Crippen molar-refractivity contribution in [3.05, 3.63) is 59.4 Å². The summed E-state index contributed by atoms with van der Waals surface area (Å²) < 4.78 is 10.9. The van der Waals surface area contributed by atoms with Gasteiger partial charge in [-0.05, 0) is 37.1 Å². The van der Waals surface area contributed by atoms with Gasteiger partial charge < -0.3 is 14.4 Å². The maximum absolute atomic E-state index is 13.1. The van der Waals surface area contributed by atoms with Crippen LogP contribution in [0.4, 0.5) is 0 Å². The third kappa shape index (κ3) is 4.10. The lowest BCUT2D eigenvalue weighted by atomic mass is 10.0. The summed E-state index contributed by atoms with van der Waals surface area (Å²) in [6.45, 7) is 0.748. The van der Waals surface area contributed by atoms with Gasteiger partial charge in [0.15, 0.2) is 0 Å². The van der Waals surface area contributed by atoms with Crippen LogP contribution in [0.2, 0.25) is 0 Å². The van der Waals surface area contributed by atoms with Crippen LogP contribution < -0.4 is 9.47 Å². The van der Waals surface area contributed by atoms with Crippen LogP contribution in [-0.4, -0.2) is 41.5 Å². The van der Waals surface area contributed by atoms with E-state index in [-0.39, 0.29) is 11.9 Å². The van der Waals surface area contributed by atoms with Gasteiger partial charge in [-0.3, -0.25) is 9.78 Å². The van der Waals surface area contributed by atoms with E-state index in [2.05, 4.69) is 9.97 Å². The Balaban J connectivity index is 1.51. The number of rotatable bonds is 6. The average Bonchev–Trinajstić information content (AvgIpc) is 3.43. The summed E-state index contributed by atoms with van der Waals surface area (Å²) >= 11 is 1.54. The lowest BCUT2D eigenvalue weighted by molar-refractivity contribution is -0.131. The van der Waals surface area contributed by atoms with E-state index >= 15 is 0 Å². The molecular formula is C22H23N3O3S. The predicted octanol–water partition coefficient (Wildman–Crippen LogP) is 4.13. The number of likely N-dealkylation sites (tertiary alicyclic amines) is 1. The number of hydrogen-bond donors (Lipinski definition) is 0. The Bertz CT molecular complexity index is 990. The van der Waals surface area contributed by atoms with Crippen molar-refractivity contribution in [3.8, 4) is 22.1 Å². The van der Waals surface area contributed by atoms with Crippen LogP contribution in [0.15, 0.2) is 48.1 Å². The number of aromatic nitrogens is 2. The molecule has 29 heavy (non-hydrogen) atoms. The molecule has 0 aliphatic carbocycles. The molecule has 2 aromatic heterocycles. The fourth-order valence-electron chi connectivity index (χ4n) is 3.75. The molecule has 1 aliphatic heterocycles. The molecule has 1 unspecified atom stereocenters. The van der Waals surface area contributed by atoms with Gasteiger partial charge in [0.05, 0.1) is 32.4 Å². The maximum Gasteiger partial charge on any atom is 0.229 e. The van der Waals surface area contributed by atoms with E-state index in [1.807, 2.05) is 40.6 Å². The number of carbonyl (C=O) groups excluding carboxylic acids is 1. The van der Waals surface area contributed by atoms with Gasteiger partial charge in [-0.25, -0.2) is 4.98 Å². The van der Waals surface area contributed by atoms with Crippen LogP contribution in [-0.2, 0) is 11.2 Å². The van der Waals surface area contributed by atoms with Gasteiger partial charge in [0, 0.05) is 41.5 Å². The molecule has 0 saturated carbocycles. The second kappa shape index (κ2) is 8.61. The molecular weight excluding hydrogens is 386 g/mol. The standard InChI is InChI=1S/C22H23N3O3S/c1-27-17-7-8-18(20(12-17)28-2)19-6-4-10-25(19)21(26)11-16-14-29-22(24-16)15-5-3-9-23-13-15/h3,5,7-9,12-14,19H,4,6,10-11H2,1-2H3. The number of amides is 1. The number of carbonyl (C=O) groups is 1. The Kier molecular flexibility index (Phi) is 5.76. The predicted molar refractivity (Wildman–Crippen MR) is 112 cm³/mol. The third-order valence-corrected chi connectivity index (χ3v) is 6.11. The van der Waals surface area contributed by atoms with E-state index in [1.165, 1.54) is 11.3 Å². The SMILES string of the molecule is COc1ccc(C2CCCN2C(=O)Cc2csc(-c3cccnc3)n2)c(OC)c1. The Hall–Kier alpha value is -2.93. The van der Waals surface area contributed by atoms with E-state index < -0.39 is 0 Å². The summed E-state index contributed by atoms with van der Waals surface area (Å²) in [6.07, 6.45) is 5.72. The van der Waals surface area contributed by atoms with Crippen molar-refractivity contribution in [3.63, 3.8) is 0 Å². The topological polar surface area (TPSA) is 64.5 Å². The second-order valence-corrected chi connectivity index (χ2v) is 7.77. The van der Waals surface area contributed by atoms with Gasteiger partial charge in [0.25, 0.3) is 0 Å². The molecule has 1 atom stereocenters. The minimum absolute atomic E-state index is 0.0137. The van der Waals surface area contributed by atoms with Crippen LogP contribution in [0.1, 0.15) is 30.1 Å². The lowest BCUT2D eigenvalue weighted by Crippen LogP contribution is -2.32. The molecule has 6 nitrogen and oxygen atoms in total. The molecule has 1 saturated heterocycles. The fourth-order valence-corrected chi connectivity index (χ4v) is 4.56. The molecule has 0 radical (unpaired) electrons. The Morgan fingerprint density at radius 2 is 2.17 bits per heavy atom. The molecule has 0 spiro atoms. The number of pyridine rings is 1. The van der Waals surface area contributed by atoms with Crippen molar-refractivity contribution in [2.45, 2.75) is 25.3 Å². The molecule has 3 heterocycles. The van der Waals surface area contributed by atoms with Crippen molar-refractivity contribution in [2.75, 3.05) is 20.8 Å². The molecule has 7 heteroatoms. The summed E-state index contributed by atoms with van der Waals surface area (Å²) in [5, 5.41) is 2.84. The molecule has 1 amide bonds. The van der Waals surface area contributed by atoms with E-state index in [9.17, 15) is 4.79 Å². The molecule has 3 aromatic rings. The first-order valence-electron chi connectivity index (χ1n) is 9.56. The summed E-state index contributed by atoms with van der Waals surface area (Å²) in [5.74, 6) is 1.59. The molecule has 150 valence electrons. The zero-order valence-corrected chi connectivity index (χ0v) is 17.3. The average molecular weight is 410 g/mol. The van der Waals surface area contributed by atoms with Gasteiger partial charge >= 0.3 is 0 Å². The van der Waals surface area contributed by atoms with E-state index in [0.29, 0.717) is 6.42 Å². The highest BCUT2D eigenvalue weighted by atomic mass is 32.1. The van der Waals surface area contributed by atoms with E-state index in [1.54, 1.807) is 26.6 Å². The summed E-state index contributed by atoms with van der Waals surface area (Å²) in [6, 6.07) is 9.66. The van der Waals surface area contributed by atoms with Crippen molar-refractivity contribution in [1.29, 1.82) is 0 Å². The molecule has 4 rings (SSSR count). The van der Waals surface area contributed by atoms with Crippen LogP contribution in [0.5, 0.6) is 11.5 Å². The first-order chi connectivity index (χ1) is 14.2. The number of methoxy groups -OCH3 is 2. The number of thiazole rings is 1. The molecule has 1 fully saturated rings. The quantitative estimate of drug-likeness (QED) is 0.613. The largest absolute Gasteiger partial charge is 0.497 e. The van der Waals surface area contributed by atoms with Gasteiger partial charge in [0.2, 0.25) is 5.91 Å². The van der Waals surface area contributed by atoms with Crippen LogP contribution in [0.3, 0.4) is 0 Å². The van der Waals surface area contributed by atoms with Crippen molar-refractivity contribution in [1.82, 2.24) is 14.9 Å². The summed E-state index contributed by atoms with van der Waals surface area (Å²) in [7, 11) is 3.28. The van der Waals surface area contributed by atoms with Crippen molar-refractivity contribution < 1.29 is 14.3 Å². The maximum atomic E-state index is 13.1. The Morgan fingerprint density at radius 3 is 2.93 bits per heavy atom. The van der Waals surface area contributed by atoms with Gasteiger partial charge in [-0.2, -0.15) is 0 Å². The summed E-state index contributed by atoms with van der Waals surface area (Å²) in [4.78, 5) is 23.8. The Morgan fingerprint density at radius 1 is 1.28 bits per heavy atom. The second-order valence-electron chi connectivity index (χ2n) is 6.92. The number of nitrogens with zero attached hydrogens (tertiary/aromatic N) is 3. The van der Waals surface area contributed by atoms with Gasteiger partial charge in [-0.1, -0.05) is 0 Å². The minimum atomic E-state index is 0.0137. The molecule has 0 bridgehead atoms. The summed E-state index contributed by atoms with van der Waals surface area (Å²) in [5.41, 5.74) is 2.79. The lowest BCUT2D eigenvalue weighted by Gasteiger charge is -2.26. The monoisotopic (exact) mass is 409 g/mol. The van der Waals surface area contributed by atoms with E-state index in [4.69, 9.17) is 9.47 Å². The molecule has 1 aliphatic rings. The normalized spacial score (nSPS) is 16.1. The molecule has 1 aromatic carbocycles. The smallest absolute Gasteiger partial charge is 0.229 e. The highest BCUT2D eigenvalue weighted by Crippen LogP contribution is 2.39. The zero-order valence-electron chi connectivity index (χ0n) is 16.5. The fraction of sp³-hybridized carbons (Fsp3) is 0.318. The van der Waals surface area contributed by atoms with Crippen LogP contribution in [0.25, 0.3) is 10.6 Å². The zero-order chi connectivity index (χ0) is 20.2. The molecule has 0 N–H and O–H groups in total. The number of ether oxygens (including phenoxy) is 2. The van der Waals surface area contributed by atoms with Crippen molar-refractivity contribution >= 4 is 17.2 Å². The highest BCUT2D eigenvalue weighted by Gasteiger charge is 2.32. The van der Waals surface area contributed by atoms with Crippen molar-refractivity contribution in [2.24, 2.45) is 0 Å². The third-order valence-electron chi connectivity index (χ3n) is 5.17. The number of hydrogen-bond acceptors (Lipinski definition) is 6. The first-order valence-corrected chi connectivity index (χ1v) is 10.4. The van der Waals surface area contributed by atoms with Crippen LogP contribution >= 0.6 is 11.3 Å². The first kappa shape index (κ1) is 19.4. The highest BCUT2D eigenvalue weighted by molar-refractivity contribution is 7.13. The van der Waals surface area contributed by atoms with Crippen LogP contribution in [0, 0.1) is 0 Å². The minimum Gasteiger partial charge on any atom is -0.497 e. The van der Waals surface area contributed by atoms with E-state index in [0.717, 1.165) is 52.7 Å². The van der Waals surface area contributed by atoms with Gasteiger partial charge in [-0.15, -0.1) is 11.3 Å². The Labute approximate surface area is 174 Å².